The van der Waals surface area contributed by atoms with E-state index in [1.54, 1.807) is 30.3 Å². The Morgan fingerprint density at radius 3 is 2.39 bits per heavy atom. The van der Waals surface area contributed by atoms with Gasteiger partial charge in [0, 0.05) is 38.3 Å². The maximum atomic E-state index is 14.1. The molecule has 0 radical (unpaired) electrons. The molecule has 0 saturated carbocycles. The van der Waals surface area contributed by atoms with Gasteiger partial charge in [-0.1, -0.05) is 18.2 Å². The summed E-state index contributed by atoms with van der Waals surface area (Å²) in [4.78, 5) is 13.6. The van der Waals surface area contributed by atoms with Gasteiger partial charge < -0.3 is 4.90 Å². The van der Waals surface area contributed by atoms with E-state index in [0.29, 0.717) is 37.1 Å². The van der Waals surface area contributed by atoms with Crippen LogP contribution in [0.4, 0.5) is 14.6 Å². The predicted molar refractivity (Wildman–Crippen MR) is 112 cm³/mol. The summed E-state index contributed by atoms with van der Waals surface area (Å²) in [6.45, 7) is 1.11. The molecule has 162 valence electrons. The van der Waals surface area contributed by atoms with E-state index in [0.717, 1.165) is 12.1 Å². The Hall–Kier alpha value is -3.11. The first-order valence-electron chi connectivity index (χ1n) is 9.72. The summed E-state index contributed by atoms with van der Waals surface area (Å²) in [7, 11) is -4.11. The average Bonchev–Trinajstić information content (AvgIpc) is 3.01. The van der Waals surface area contributed by atoms with Crippen LogP contribution >= 0.6 is 0 Å². The second-order valence-electron chi connectivity index (χ2n) is 7.10. The fourth-order valence-corrected chi connectivity index (χ4v) is 5.03. The Labute approximate surface area is 178 Å². The molecule has 1 aliphatic rings. The van der Waals surface area contributed by atoms with E-state index in [4.69, 9.17) is 0 Å². The van der Waals surface area contributed by atoms with E-state index in [2.05, 4.69) is 5.10 Å². The van der Waals surface area contributed by atoms with Crippen LogP contribution in [0, 0.1) is 11.6 Å². The van der Waals surface area contributed by atoms with Crippen molar-refractivity contribution in [1.82, 2.24) is 14.1 Å². The molecule has 0 amide bonds. The molecule has 0 unspecified atom stereocenters. The molecule has 1 fully saturated rings. The first kappa shape index (κ1) is 21.1. The van der Waals surface area contributed by atoms with Crippen molar-refractivity contribution in [1.29, 1.82) is 0 Å². The second-order valence-corrected chi connectivity index (χ2v) is 9.00. The minimum absolute atomic E-state index is 0.102. The molecular formula is C21H20F2N4O3S. The van der Waals surface area contributed by atoms with Gasteiger partial charge in [0.25, 0.3) is 5.56 Å². The Morgan fingerprint density at radius 1 is 0.871 bits per heavy atom. The number of rotatable bonds is 4. The Morgan fingerprint density at radius 2 is 1.65 bits per heavy atom. The van der Waals surface area contributed by atoms with Crippen molar-refractivity contribution in [3.63, 3.8) is 0 Å². The van der Waals surface area contributed by atoms with E-state index < -0.39 is 26.6 Å². The second kappa shape index (κ2) is 8.56. The standard InChI is InChI=1S/C21H20F2N4O3S/c22-16-7-8-19(18(23)15-16)31(29,30)26-12-4-11-25(13-14-26)20-9-10-21(28)27(24-20)17-5-2-1-3-6-17/h1-3,5-10,15H,4,11-14H2. The molecule has 0 spiro atoms. The van der Waals surface area contributed by atoms with Crippen molar-refractivity contribution in [3.8, 4) is 5.69 Å². The topological polar surface area (TPSA) is 75.5 Å². The zero-order valence-electron chi connectivity index (χ0n) is 16.5. The lowest BCUT2D eigenvalue weighted by atomic mass is 10.3. The molecule has 7 nitrogen and oxygen atoms in total. The summed E-state index contributed by atoms with van der Waals surface area (Å²) in [5.41, 5.74) is 0.348. The first-order valence-corrected chi connectivity index (χ1v) is 11.2. The van der Waals surface area contributed by atoms with Crippen LogP contribution in [0.2, 0.25) is 0 Å². The number of halogens is 2. The van der Waals surface area contributed by atoms with E-state index in [-0.39, 0.29) is 18.6 Å². The van der Waals surface area contributed by atoms with Crippen molar-refractivity contribution < 1.29 is 17.2 Å². The smallest absolute Gasteiger partial charge is 0.271 e. The number of anilines is 1. The van der Waals surface area contributed by atoms with Crippen LogP contribution in [0.5, 0.6) is 0 Å². The van der Waals surface area contributed by atoms with Crippen molar-refractivity contribution in [2.75, 3.05) is 31.1 Å². The summed E-state index contributed by atoms with van der Waals surface area (Å²) in [6, 6.07) is 14.4. The van der Waals surface area contributed by atoms with Gasteiger partial charge in [-0.3, -0.25) is 4.79 Å². The molecule has 2 heterocycles. The first-order chi connectivity index (χ1) is 14.9. The SMILES string of the molecule is O=c1ccc(N2CCCN(S(=O)(=O)c3ccc(F)cc3F)CC2)nn1-c1ccccc1. The van der Waals surface area contributed by atoms with Gasteiger partial charge in [0.2, 0.25) is 10.0 Å². The van der Waals surface area contributed by atoms with Crippen LogP contribution in [0.1, 0.15) is 6.42 Å². The molecule has 3 aromatic rings. The zero-order chi connectivity index (χ0) is 22.0. The maximum absolute atomic E-state index is 14.1. The molecule has 10 heteroatoms. The van der Waals surface area contributed by atoms with Crippen LogP contribution in [-0.2, 0) is 10.0 Å². The molecule has 4 rings (SSSR count). The summed E-state index contributed by atoms with van der Waals surface area (Å²) in [5, 5.41) is 4.44. The van der Waals surface area contributed by atoms with Crippen molar-refractivity contribution in [2.45, 2.75) is 11.3 Å². The number of nitrogens with zero attached hydrogens (tertiary/aromatic N) is 4. The van der Waals surface area contributed by atoms with Gasteiger partial charge in [-0.2, -0.15) is 8.99 Å². The lowest BCUT2D eigenvalue weighted by Crippen LogP contribution is -2.36. The van der Waals surface area contributed by atoms with E-state index in [1.807, 2.05) is 11.0 Å². The molecule has 2 aromatic carbocycles. The fourth-order valence-electron chi connectivity index (χ4n) is 3.51. The zero-order valence-corrected chi connectivity index (χ0v) is 17.3. The predicted octanol–water partition coefficient (Wildman–Crippen LogP) is 2.41. The molecule has 0 N–H and O–H groups in total. The van der Waals surface area contributed by atoms with Crippen molar-refractivity contribution in [2.24, 2.45) is 0 Å². The number of hydrogen-bond donors (Lipinski definition) is 0. The molecule has 0 bridgehead atoms. The van der Waals surface area contributed by atoms with Gasteiger partial charge in [-0.15, -0.1) is 5.10 Å². The average molecular weight is 446 g/mol. The Balaban J connectivity index is 1.57. The molecule has 31 heavy (non-hydrogen) atoms. The van der Waals surface area contributed by atoms with Gasteiger partial charge in [0.1, 0.15) is 22.3 Å². The van der Waals surface area contributed by atoms with Crippen LogP contribution in [0.3, 0.4) is 0 Å². The minimum atomic E-state index is -4.11. The van der Waals surface area contributed by atoms with Crippen LogP contribution < -0.4 is 10.5 Å². The Bertz CT molecular complexity index is 1250. The number of benzene rings is 2. The normalized spacial score (nSPS) is 15.6. The molecule has 1 saturated heterocycles. The van der Waals surface area contributed by atoms with E-state index in [1.165, 1.54) is 15.1 Å². The number of sulfonamides is 1. The van der Waals surface area contributed by atoms with Gasteiger partial charge in [0.05, 0.1) is 5.69 Å². The number of para-hydroxylation sites is 1. The van der Waals surface area contributed by atoms with Crippen LogP contribution in [-0.4, -0.2) is 48.7 Å². The Kier molecular flexibility index (Phi) is 5.84. The molecule has 0 atom stereocenters. The molecular weight excluding hydrogens is 426 g/mol. The third-order valence-corrected chi connectivity index (χ3v) is 7.01. The third-order valence-electron chi connectivity index (χ3n) is 5.08. The fraction of sp³-hybridized carbons (Fsp3) is 0.238. The minimum Gasteiger partial charge on any atom is -0.354 e. The molecule has 1 aliphatic heterocycles. The summed E-state index contributed by atoms with van der Waals surface area (Å²) in [5.74, 6) is -1.41. The van der Waals surface area contributed by atoms with E-state index >= 15 is 0 Å². The van der Waals surface area contributed by atoms with Gasteiger partial charge >= 0.3 is 0 Å². The van der Waals surface area contributed by atoms with Crippen molar-refractivity contribution in [3.05, 3.63) is 82.7 Å². The van der Waals surface area contributed by atoms with Gasteiger partial charge in [-0.25, -0.2) is 17.2 Å². The summed E-state index contributed by atoms with van der Waals surface area (Å²) < 4.78 is 55.5. The maximum Gasteiger partial charge on any atom is 0.271 e. The molecule has 1 aromatic heterocycles. The number of aromatic nitrogens is 2. The lowest BCUT2D eigenvalue weighted by Gasteiger charge is -2.23. The molecule has 0 aliphatic carbocycles. The van der Waals surface area contributed by atoms with E-state index in [9.17, 15) is 22.0 Å². The lowest BCUT2D eigenvalue weighted by molar-refractivity contribution is 0.428. The van der Waals surface area contributed by atoms with Crippen LogP contribution in [0.15, 0.2) is 70.4 Å². The summed E-state index contributed by atoms with van der Waals surface area (Å²) in [6.07, 6.45) is 0.480. The monoisotopic (exact) mass is 446 g/mol. The van der Waals surface area contributed by atoms with Crippen molar-refractivity contribution >= 4 is 15.8 Å². The largest absolute Gasteiger partial charge is 0.354 e. The quantitative estimate of drug-likeness (QED) is 0.615. The highest BCUT2D eigenvalue weighted by atomic mass is 32.2. The highest BCUT2D eigenvalue weighted by molar-refractivity contribution is 7.89. The summed E-state index contributed by atoms with van der Waals surface area (Å²) >= 11 is 0. The van der Waals surface area contributed by atoms with Gasteiger partial charge in [-0.05, 0) is 36.8 Å². The van der Waals surface area contributed by atoms with Gasteiger partial charge in [0.15, 0.2) is 0 Å². The van der Waals surface area contributed by atoms with Crippen LogP contribution in [0.25, 0.3) is 5.69 Å². The highest BCUT2D eigenvalue weighted by Crippen LogP contribution is 2.22. The highest BCUT2D eigenvalue weighted by Gasteiger charge is 2.30. The third kappa shape index (κ3) is 4.35. The number of hydrogen-bond acceptors (Lipinski definition) is 5.